The van der Waals surface area contributed by atoms with Crippen molar-refractivity contribution in [3.63, 3.8) is 0 Å². The number of carbonyl (C=O) groups excluding carboxylic acids is 2. The first kappa shape index (κ1) is 18.6. The smallest absolute Gasteiger partial charge is 0.221 e. The topological polar surface area (TPSA) is 85.6 Å². The normalized spacial score (nSPS) is 11.9. The fourth-order valence-electron chi connectivity index (χ4n) is 2.81. The summed E-state index contributed by atoms with van der Waals surface area (Å²) in [5, 5.41) is 11.1. The number of hydrogen-bond donors (Lipinski definition) is 1. The van der Waals surface area contributed by atoms with Crippen LogP contribution in [0.15, 0.2) is 48.7 Å². The number of ketones is 1. The van der Waals surface area contributed by atoms with E-state index in [-0.39, 0.29) is 30.6 Å². The molecule has 0 aliphatic rings. The minimum atomic E-state index is -0.310. The molecule has 2 heterocycles. The van der Waals surface area contributed by atoms with E-state index in [1.54, 1.807) is 24.3 Å². The van der Waals surface area contributed by atoms with Gasteiger partial charge < -0.3 is 10.1 Å². The molecule has 0 saturated heterocycles. The Balaban J connectivity index is 1.53. The first-order chi connectivity index (χ1) is 13.1. The molecule has 1 amide bonds. The lowest BCUT2D eigenvalue weighted by Crippen LogP contribution is -2.28. The number of hydrogen-bond acceptors (Lipinski definition) is 5. The summed E-state index contributed by atoms with van der Waals surface area (Å²) in [6.07, 6.45) is 2.11. The maximum Gasteiger partial charge on any atom is 0.221 e. The molecular weight excluding hydrogens is 344 g/mol. The van der Waals surface area contributed by atoms with Crippen LogP contribution in [0.4, 0.5) is 0 Å². The molecule has 3 aromatic rings. The number of rotatable bonds is 8. The molecule has 0 spiro atoms. The number of benzene rings is 1. The van der Waals surface area contributed by atoms with Crippen LogP contribution in [0, 0.1) is 0 Å². The lowest BCUT2D eigenvalue weighted by molar-refractivity contribution is -0.121. The van der Waals surface area contributed by atoms with E-state index in [0.29, 0.717) is 18.0 Å². The summed E-state index contributed by atoms with van der Waals surface area (Å²) < 4.78 is 7.19. The lowest BCUT2D eigenvalue weighted by atomic mass is 10.1. The van der Waals surface area contributed by atoms with Crippen LogP contribution in [-0.2, 0) is 4.79 Å². The maximum atomic E-state index is 12.3. The molecule has 0 fully saturated rings. The zero-order valence-electron chi connectivity index (χ0n) is 15.4. The molecule has 1 unspecified atom stereocenters. The number of Topliss-reactive ketones (excluding diaryl/α,β-unsaturated/α-hetero) is 1. The van der Waals surface area contributed by atoms with Gasteiger partial charge in [0.15, 0.2) is 17.3 Å². The van der Waals surface area contributed by atoms with Gasteiger partial charge in [0.25, 0.3) is 0 Å². The van der Waals surface area contributed by atoms with Crippen LogP contribution < -0.4 is 10.1 Å². The van der Waals surface area contributed by atoms with Crippen LogP contribution in [0.3, 0.4) is 0 Å². The van der Waals surface area contributed by atoms with E-state index in [2.05, 4.69) is 15.5 Å². The highest BCUT2D eigenvalue weighted by Crippen LogP contribution is 2.15. The van der Waals surface area contributed by atoms with Gasteiger partial charge >= 0.3 is 0 Å². The Labute approximate surface area is 157 Å². The highest BCUT2D eigenvalue weighted by Gasteiger charge is 2.16. The van der Waals surface area contributed by atoms with E-state index in [4.69, 9.17) is 4.74 Å². The number of aromatic nitrogens is 3. The second-order valence-electron chi connectivity index (χ2n) is 6.16. The molecule has 0 saturated carbocycles. The van der Waals surface area contributed by atoms with E-state index in [0.717, 1.165) is 11.4 Å². The number of fused-ring (bicyclic) bond motifs is 1. The van der Waals surface area contributed by atoms with Gasteiger partial charge in [-0.25, -0.2) is 0 Å². The number of ether oxygens (including phenoxy) is 1. The fraction of sp³-hybridized carbons (Fsp3) is 0.300. The van der Waals surface area contributed by atoms with Crippen LogP contribution in [0.5, 0.6) is 5.75 Å². The Morgan fingerprint density at radius 1 is 1.11 bits per heavy atom. The van der Waals surface area contributed by atoms with Crippen molar-refractivity contribution in [2.45, 2.75) is 32.7 Å². The summed E-state index contributed by atoms with van der Waals surface area (Å²) in [6.45, 7) is 4.32. The Morgan fingerprint density at radius 3 is 2.63 bits per heavy atom. The van der Waals surface area contributed by atoms with Crippen molar-refractivity contribution in [1.29, 1.82) is 0 Å². The van der Waals surface area contributed by atoms with Gasteiger partial charge in [-0.3, -0.25) is 14.0 Å². The first-order valence-corrected chi connectivity index (χ1v) is 8.93. The molecule has 27 heavy (non-hydrogen) atoms. The largest absolute Gasteiger partial charge is 0.494 e. The Kier molecular flexibility index (Phi) is 5.80. The molecule has 3 rings (SSSR count). The van der Waals surface area contributed by atoms with Crippen molar-refractivity contribution in [1.82, 2.24) is 19.9 Å². The Morgan fingerprint density at radius 2 is 1.89 bits per heavy atom. The molecule has 0 bridgehead atoms. The Hall–Kier alpha value is -3.22. The van der Waals surface area contributed by atoms with E-state index in [9.17, 15) is 9.59 Å². The zero-order valence-corrected chi connectivity index (χ0v) is 15.4. The van der Waals surface area contributed by atoms with E-state index >= 15 is 0 Å². The van der Waals surface area contributed by atoms with E-state index < -0.39 is 0 Å². The van der Waals surface area contributed by atoms with Crippen molar-refractivity contribution in [2.75, 3.05) is 6.61 Å². The number of nitrogens with zero attached hydrogens (tertiary/aromatic N) is 3. The number of carbonyl (C=O) groups is 2. The Bertz CT molecular complexity index is 934. The number of nitrogens with one attached hydrogen (secondary N) is 1. The summed E-state index contributed by atoms with van der Waals surface area (Å²) in [7, 11) is 0. The average molecular weight is 366 g/mol. The fourth-order valence-corrected chi connectivity index (χ4v) is 2.81. The van der Waals surface area contributed by atoms with E-state index in [1.165, 1.54) is 0 Å². The minimum absolute atomic E-state index is 0.0752. The third-order valence-electron chi connectivity index (χ3n) is 4.17. The van der Waals surface area contributed by atoms with E-state index in [1.807, 2.05) is 42.6 Å². The van der Waals surface area contributed by atoms with Crippen LogP contribution >= 0.6 is 0 Å². The summed E-state index contributed by atoms with van der Waals surface area (Å²) in [4.78, 5) is 24.5. The summed E-state index contributed by atoms with van der Waals surface area (Å²) in [6, 6.07) is 12.3. The predicted octanol–water partition coefficient (Wildman–Crippen LogP) is 2.97. The maximum absolute atomic E-state index is 12.3. The van der Waals surface area contributed by atoms with Gasteiger partial charge in [-0.1, -0.05) is 6.07 Å². The van der Waals surface area contributed by atoms with Crippen LogP contribution in [-0.4, -0.2) is 32.9 Å². The van der Waals surface area contributed by atoms with Gasteiger partial charge in [0, 0.05) is 24.6 Å². The summed E-state index contributed by atoms with van der Waals surface area (Å²) in [5.74, 6) is 1.10. The lowest BCUT2D eigenvalue weighted by Gasteiger charge is -2.12. The van der Waals surface area contributed by atoms with Crippen molar-refractivity contribution < 1.29 is 14.3 Å². The minimum Gasteiger partial charge on any atom is -0.494 e. The molecule has 7 heteroatoms. The molecule has 1 atom stereocenters. The van der Waals surface area contributed by atoms with Gasteiger partial charge in [0.1, 0.15) is 5.75 Å². The number of amides is 1. The van der Waals surface area contributed by atoms with Gasteiger partial charge in [0.2, 0.25) is 5.91 Å². The summed E-state index contributed by atoms with van der Waals surface area (Å²) >= 11 is 0. The molecule has 1 N–H and O–H groups in total. The van der Waals surface area contributed by atoms with Gasteiger partial charge in [-0.2, -0.15) is 0 Å². The van der Waals surface area contributed by atoms with Crippen LogP contribution in [0.25, 0.3) is 5.65 Å². The third-order valence-corrected chi connectivity index (χ3v) is 4.17. The molecule has 0 radical (unpaired) electrons. The van der Waals surface area contributed by atoms with Crippen LogP contribution in [0.1, 0.15) is 48.9 Å². The second-order valence-corrected chi connectivity index (χ2v) is 6.16. The first-order valence-electron chi connectivity index (χ1n) is 8.93. The molecular formula is C20H22N4O3. The predicted molar refractivity (Wildman–Crippen MR) is 101 cm³/mol. The molecule has 0 aliphatic heterocycles. The monoisotopic (exact) mass is 366 g/mol. The second kappa shape index (κ2) is 8.44. The SMILES string of the molecule is CCOc1ccc(C(=O)CCC(=O)NC(C)c2nnc3ccccn23)cc1. The highest BCUT2D eigenvalue weighted by atomic mass is 16.5. The van der Waals surface area contributed by atoms with Gasteiger partial charge in [-0.15, -0.1) is 10.2 Å². The molecule has 1 aromatic carbocycles. The standard InChI is InChI=1S/C20H22N4O3/c1-3-27-16-9-7-15(8-10-16)17(25)11-12-19(26)21-14(2)20-23-22-18-6-4-5-13-24(18)20/h4-10,13-14H,3,11-12H2,1-2H3,(H,21,26). The molecule has 140 valence electrons. The average Bonchev–Trinajstić information content (AvgIpc) is 3.11. The van der Waals surface area contributed by atoms with Crippen molar-refractivity contribution in [3.8, 4) is 5.75 Å². The van der Waals surface area contributed by atoms with Gasteiger partial charge in [-0.05, 0) is 50.2 Å². The zero-order chi connectivity index (χ0) is 19.2. The van der Waals surface area contributed by atoms with Crippen molar-refractivity contribution >= 4 is 17.3 Å². The summed E-state index contributed by atoms with van der Waals surface area (Å²) in [5.41, 5.74) is 1.29. The van der Waals surface area contributed by atoms with Crippen molar-refractivity contribution in [3.05, 3.63) is 60.0 Å². The molecule has 0 aliphatic carbocycles. The number of pyridine rings is 1. The molecule has 2 aromatic heterocycles. The van der Waals surface area contributed by atoms with Crippen molar-refractivity contribution in [2.24, 2.45) is 0 Å². The molecule has 7 nitrogen and oxygen atoms in total. The highest BCUT2D eigenvalue weighted by molar-refractivity contribution is 5.98. The third kappa shape index (κ3) is 4.49. The van der Waals surface area contributed by atoms with Crippen LogP contribution in [0.2, 0.25) is 0 Å². The quantitative estimate of drug-likeness (QED) is 0.620. The van der Waals surface area contributed by atoms with Gasteiger partial charge in [0.05, 0.1) is 12.6 Å².